The molecule has 4 aromatic rings. The van der Waals surface area contributed by atoms with Gasteiger partial charge in [0.25, 0.3) is 5.56 Å². The summed E-state index contributed by atoms with van der Waals surface area (Å²) in [4.78, 5) is 33.2. The second kappa shape index (κ2) is 9.91. The highest BCUT2D eigenvalue weighted by Gasteiger charge is 2.23. The van der Waals surface area contributed by atoms with Gasteiger partial charge in [0, 0.05) is 25.6 Å². The number of thioether (sulfide) groups is 1. The zero-order valence-electron chi connectivity index (χ0n) is 17.7. The van der Waals surface area contributed by atoms with Crippen molar-refractivity contribution < 1.29 is 4.79 Å². The number of aryl methyl sites for hydroxylation is 2. The molecule has 0 radical (unpaired) electrons. The number of nitrogens with one attached hydrogen (secondary N) is 1. The molecule has 2 aromatic carbocycles. The first-order valence-corrected chi connectivity index (χ1v) is 13.5. The second-order valence-corrected chi connectivity index (χ2v) is 11.2. The zero-order valence-corrected chi connectivity index (χ0v) is 21.6. The largest absolute Gasteiger partial charge is 0.325 e. The summed E-state index contributed by atoms with van der Waals surface area (Å²) in [5, 5.41) is 5.38. The average molecular weight is 551 g/mol. The summed E-state index contributed by atoms with van der Waals surface area (Å²) in [5.41, 5.74) is 2.17. The van der Waals surface area contributed by atoms with Crippen LogP contribution < -0.4 is 10.9 Å². The van der Waals surface area contributed by atoms with Gasteiger partial charge in [-0.15, -0.1) is 11.3 Å². The highest BCUT2D eigenvalue weighted by Crippen LogP contribution is 2.35. The predicted molar refractivity (Wildman–Crippen MR) is 143 cm³/mol. The number of rotatable bonds is 5. The molecule has 0 unspecified atom stereocenters. The monoisotopic (exact) mass is 549 g/mol. The van der Waals surface area contributed by atoms with E-state index in [-0.39, 0.29) is 17.2 Å². The highest BCUT2D eigenvalue weighted by molar-refractivity contribution is 7.99. The van der Waals surface area contributed by atoms with Gasteiger partial charge in [0.15, 0.2) is 5.16 Å². The van der Waals surface area contributed by atoms with E-state index in [9.17, 15) is 9.59 Å². The first-order valence-electron chi connectivity index (χ1n) is 10.6. The lowest BCUT2D eigenvalue weighted by Crippen LogP contribution is -2.23. The van der Waals surface area contributed by atoms with Crippen LogP contribution in [0.3, 0.4) is 0 Å². The van der Waals surface area contributed by atoms with Gasteiger partial charge in [0.05, 0.1) is 16.8 Å². The van der Waals surface area contributed by atoms with E-state index in [4.69, 9.17) is 39.8 Å². The van der Waals surface area contributed by atoms with Crippen LogP contribution in [0.25, 0.3) is 15.9 Å². The lowest BCUT2D eigenvalue weighted by Gasteiger charge is -2.14. The minimum atomic E-state index is -0.259. The fourth-order valence-electron chi connectivity index (χ4n) is 4.05. The van der Waals surface area contributed by atoms with Gasteiger partial charge >= 0.3 is 0 Å². The third-order valence-corrected chi connectivity index (χ3v) is 8.33. The van der Waals surface area contributed by atoms with Crippen LogP contribution in [-0.2, 0) is 17.6 Å². The van der Waals surface area contributed by atoms with Crippen molar-refractivity contribution in [3.63, 3.8) is 0 Å². The minimum absolute atomic E-state index is 0.0563. The molecule has 5 nitrogen and oxygen atoms in total. The van der Waals surface area contributed by atoms with E-state index in [1.807, 2.05) is 0 Å². The Labute approximate surface area is 219 Å². The maximum absolute atomic E-state index is 13.7. The molecule has 2 heterocycles. The zero-order chi connectivity index (χ0) is 23.8. The topological polar surface area (TPSA) is 64.0 Å². The number of hydrogen-bond acceptors (Lipinski definition) is 5. The molecule has 2 aromatic heterocycles. The van der Waals surface area contributed by atoms with Crippen molar-refractivity contribution in [3.05, 3.63) is 78.3 Å². The molecular weight excluding hydrogens is 533 g/mol. The molecule has 0 fully saturated rings. The number of anilines is 1. The van der Waals surface area contributed by atoms with Crippen molar-refractivity contribution in [1.82, 2.24) is 9.55 Å². The number of benzene rings is 2. The van der Waals surface area contributed by atoms with Crippen molar-refractivity contribution in [3.8, 4) is 5.69 Å². The molecule has 174 valence electrons. The predicted octanol–water partition coefficient (Wildman–Crippen LogP) is 7.02. The van der Waals surface area contributed by atoms with Crippen LogP contribution in [0.5, 0.6) is 0 Å². The standard InChI is InChI=1S/C24H18Cl3N3O2S2/c25-13-5-7-17(8-6-13)30-23(32)21-18-3-1-2-4-19(18)34-22(21)29-24(30)33-12-20(31)28-16-10-14(26)9-15(27)11-16/h5-11H,1-4,12H2,(H,28,31). The summed E-state index contributed by atoms with van der Waals surface area (Å²) < 4.78 is 1.58. The van der Waals surface area contributed by atoms with Crippen molar-refractivity contribution in [2.75, 3.05) is 11.1 Å². The van der Waals surface area contributed by atoms with Gasteiger partial charge in [0.1, 0.15) is 4.83 Å². The van der Waals surface area contributed by atoms with E-state index in [1.54, 1.807) is 58.4 Å². The van der Waals surface area contributed by atoms with Gasteiger partial charge in [-0.25, -0.2) is 4.98 Å². The Bertz CT molecular complexity index is 1450. The third kappa shape index (κ3) is 4.86. The van der Waals surface area contributed by atoms with Crippen LogP contribution in [0, 0.1) is 0 Å². The second-order valence-electron chi connectivity index (χ2n) is 7.90. The van der Waals surface area contributed by atoms with Crippen LogP contribution >= 0.6 is 57.9 Å². The van der Waals surface area contributed by atoms with Crippen LogP contribution in [0.4, 0.5) is 5.69 Å². The van der Waals surface area contributed by atoms with Gasteiger partial charge in [-0.1, -0.05) is 46.6 Å². The summed E-state index contributed by atoms with van der Waals surface area (Å²) >= 11 is 20.9. The van der Waals surface area contributed by atoms with Crippen molar-refractivity contribution >= 4 is 79.7 Å². The average Bonchev–Trinajstić information content (AvgIpc) is 3.16. The first-order chi connectivity index (χ1) is 16.4. The van der Waals surface area contributed by atoms with Crippen LogP contribution in [0.2, 0.25) is 15.1 Å². The number of carbonyl (C=O) groups excluding carboxylic acids is 1. The molecule has 1 aliphatic carbocycles. The molecule has 0 spiro atoms. The Balaban J connectivity index is 1.51. The van der Waals surface area contributed by atoms with Crippen molar-refractivity contribution in [2.45, 2.75) is 30.8 Å². The van der Waals surface area contributed by atoms with E-state index < -0.39 is 0 Å². The van der Waals surface area contributed by atoms with E-state index in [0.29, 0.717) is 37.0 Å². The van der Waals surface area contributed by atoms with Gasteiger partial charge in [-0.2, -0.15) is 0 Å². The fourth-order valence-corrected chi connectivity index (χ4v) is 6.82. The van der Waals surface area contributed by atoms with E-state index in [1.165, 1.54) is 16.6 Å². The summed E-state index contributed by atoms with van der Waals surface area (Å²) in [6, 6.07) is 11.9. The lowest BCUT2D eigenvalue weighted by atomic mass is 9.97. The highest BCUT2D eigenvalue weighted by atomic mass is 35.5. The SMILES string of the molecule is O=C(CSc1nc2sc3c(c2c(=O)n1-c1ccc(Cl)cc1)CCCC3)Nc1cc(Cl)cc(Cl)c1. The summed E-state index contributed by atoms with van der Waals surface area (Å²) in [7, 11) is 0. The van der Waals surface area contributed by atoms with Crippen LogP contribution in [0.15, 0.2) is 52.4 Å². The number of hydrogen-bond donors (Lipinski definition) is 1. The third-order valence-electron chi connectivity index (χ3n) is 5.52. The van der Waals surface area contributed by atoms with Gasteiger partial charge in [-0.05, 0) is 73.7 Å². The Morgan fingerprint density at radius 3 is 2.47 bits per heavy atom. The van der Waals surface area contributed by atoms with E-state index in [2.05, 4.69) is 5.32 Å². The summed E-state index contributed by atoms with van der Waals surface area (Å²) in [6.07, 6.45) is 4.07. The maximum atomic E-state index is 13.7. The number of carbonyl (C=O) groups is 1. The summed E-state index contributed by atoms with van der Waals surface area (Å²) in [6.45, 7) is 0. The quantitative estimate of drug-likeness (QED) is 0.214. The number of fused-ring (bicyclic) bond motifs is 3. The summed E-state index contributed by atoms with van der Waals surface area (Å²) in [5.74, 6) is -0.202. The minimum Gasteiger partial charge on any atom is -0.325 e. The smallest absolute Gasteiger partial charge is 0.267 e. The number of thiophene rings is 1. The lowest BCUT2D eigenvalue weighted by molar-refractivity contribution is -0.113. The Kier molecular flexibility index (Phi) is 6.91. The Hall–Kier alpha value is -2.03. The van der Waals surface area contributed by atoms with Gasteiger partial charge < -0.3 is 5.32 Å². The van der Waals surface area contributed by atoms with Gasteiger partial charge in [0.2, 0.25) is 5.91 Å². The molecule has 34 heavy (non-hydrogen) atoms. The molecule has 1 N–H and O–H groups in total. The molecule has 0 aliphatic heterocycles. The number of nitrogens with zero attached hydrogens (tertiary/aromatic N) is 2. The van der Waals surface area contributed by atoms with Crippen LogP contribution in [0.1, 0.15) is 23.3 Å². The van der Waals surface area contributed by atoms with Crippen molar-refractivity contribution in [1.29, 1.82) is 0 Å². The fraction of sp³-hybridized carbons (Fsp3) is 0.208. The normalized spacial score (nSPS) is 13.1. The van der Waals surface area contributed by atoms with Gasteiger partial charge in [-0.3, -0.25) is 14.2 Å². The molecule has 1 amide bonds. The van der Waals surface area contributed by atoms with E-state index in [0.717, 1.165) is 36.1 Å². The number of amides is 1. The first kappa shape index (κ1) is 23.7. The molecule has 5 rings (SSSR count). The maximum Gasteiger partial charge on any atom is 0.267 e. The van der Waals surface area contributed by atoms with E-state index >= 15 is 0 Å². The molecule has 0 bridgehead atoms. The molecule has 0 atom stereocenters. The molecular formula is C24H18Cl3N3O2S2. The Morgan fingerprint density at radius 2 is 1.74 bits per heavy atom. The number of aromatic nitrogens is 2. The van der Waals surface area contributed by atoms with Crippen LogP contribution in [-0.4, -0.2) is 21.2 Å². The molecule has 10 heteroatoms. The molecule has 1 aliphatic rings. The molecule has 0 saturated carbocycles. The Morgan fingerprint density at radius 1 is 1.03 bits per heavy atom. The number of halogens is 3. The molecule has 0 saturated heterocycles. The van der Waals surface area contributed by atoms with Crippen molar-refractivity contribution in [2.24, 2.45) is 0 Å².